The van der Waals surface area contributed by atoms with E-state index in [0.29, 0.717) is 19.5 Å². The Morgan fingerprint density at radius 1 is 0.974 bits per heavy atom. The molecule has 0 radical (unpaired) electrons. The van der Waals surface area contributed by atoms with Crippen LogP contribution < -0.4 is 4.90 Å². The molecule has 2 aliphatic rings. The summed E-state index contributed by atoms with van der Waals surface area (Å²) < 4.78 is 40.6. The normalized spacial score (nSPS) is 20.0. The van der Waals surface area contributed by atoms with Gasteiger partial charge in [-0.3, -0.25) is 14.8 Å². The molecule has 11 heteroatoms. The number of nitrogens with zero attached hydrogens (tertiary/aromatic N) is 7. The van der Waals surface area contributed by atoms with Gasteiger partial charge in [-0.1, -0.05) is 19.1 Å². The van der Waals surface area contributed by atoms with Gasteiger partial charge >= 0.3 is 6.18 Å². The van der Waals surface area contributed by atoms with E-state index in [-0.39, 0.29) is 43.2 Å². The van der Waals surface area contributed by atoms with Gasteiger partial charge in [-0.25, -0.2) is 0 Å². The third kappa shape index (κ3) is 4.35. The van der Waals surface area contributed by atoms with Crippen molar-refractivity contribution >= 4 is 22.5 Å². The predicted molar refractivity (Wildman–Crippen MR) is 135 cm³/mol. The summed E-state index contributed by atoms with van der Waals surface area (Å²) in [7, 11) is 0. The monoisotopic (exact) mass is 521 g/mol. The Bertz CT molecular complexity index is 1490. The first kappa shape index (κ1) is 24.3. The molecular weight excluding hydrogens is 495 g/mol. The Balaban J connectivity index is 1.17. The second-order valence-corrected chi connectivity index (χ2v) is 9.97. The number of pyridine rings is 2. The molecule has 0 aliphatic carbocycles. The number of carbonyl (C=O) groups excluding carboxylic acids is 1. The lowest BCUT2D eigenvalue weighted by molar-refractivity contribution is -0.148. The van der Waals surface area contributed by atoms with Gasteiger partial charge in [0.2, 0.25) is 11.7 Å². The maximum atomic E-state index is 13.4. The van der Waals surface area contributed by atoms with Crippen molar-refractivity contribution in [1.29, 1.82) is 0 Å². The smallest absolute Gasteiger partial charge is 0.371 e. The maximum absolute atomic E-state index is 13.4. The number of hydrogen-bond donors (Lipinski definition) is 0. The Morgan fingerprint density at radius 2 is 1.79 bits per heavy atom. The van der Waals surface area contributed by atoms with Gasteiger partial charge in [0.05, 0.1) is 12.1 Å². The summed E-state index contributed by atoms with van der Waals surface area (Å²) in [5, 5.41) is 8.08. The van der Waals surface area contributed by atoms with Crippen molar-refractivity contribution < 1.29 is 18.0 Å². The van der Waals surface area contributed by atoms with E-state index in [9.17, 15) is 18.0 Å². The Labute approximate surface area is 217 Å². The summed E-state index contributed by atoms with van der Waals surface area (Å²) in [5.41, 5.74) is 4.13. The van der Waals surface area contributed by atoms with E-state index < -0.39 is 12.0 Å². The molecule has 196 valence electrons. The van der Waals surface area contributed by atoms with Crippen molar-refractivity contribution in [2.24, 2.45) is 11.8 Å². The number of benzene rings is 1. The summed E-state index contributed by atoms with van der Waals surface area (Å²) in [5.74, 6) is -0.980. The second-order valence-electron chi connectivity index (χ2n) is 9.97. The van der Waals surface area contributed by atoms with Crippen LogP contribution in [0.25, 0.3) is 22.0 Å². The quantitative estimate of drug-likeness (QED) is 0.397. The van der Waals surface area contributed by atoms with Gasteiger partial charge in [-0.05, 0) is 47.7 Å². The highest BCUT2D eigenvalue weighted by Crippen LogP contribution is 2.35. The SMILES string of the molecule is C[C@@H]1CN(c2ccnc3cc(-c4ccncc4)ccc23)CC[C@@H]1C(=O)N1CCn2c(nnc2C(F)(F)F)C1. The molecule has 1 amide bonds. The van der Waals surface area contributed by atoms with Crippen molar-refractivity contribution in [2.75, 3.05) is 24.5 Å². The van der Waals surface area contributed by atoms with Crippen LogP contribution in [-0.2, 0) is 24.1 Å². The highest BCUT2D eigenvalue weighted by Gasteiger charge is 2.41. The maximum Gasteiger partial charge on any atom is 0.451 e. The summed E-state index contributed by atoms with van der Waals surface area (Å²) in [6, 6.07) is 12.2. The Hall–Kier alpha value is -4.02. The number of rotatable bonds is 3. The van der Waals surface area contributed by atoms with Crippen molar-refractivity contribution in [3.63, 3.8) is 0 Å². The van der Waals surface area contributed by atoms with Crippen LogP contribution in [0.2, 0.25) is 0 Å². The first-order valence-electron chi connectivity index (χ1n) is 12.6. The molecule has 5 heterocycles. The summed E-state index contributed by atoms with van der Waals surface area (Å²) >= 11 is 0. The third-order valence-electron chi connectivity index (χ3n) is 7.61. The van der Waals surface area contributed by atoms with Gasteiger partial charge in [-0.2, -0.15) is 13.2 Å². The van der Waals surface area contributed by atoms with E-state index in [0.717, 1.165) is 32.3 Å². The van der Waals surface area contributed by atoms with Crippen LogP contribution in [0.5, 0.6) is 0 Å². The van der Waals surface area contributed by atoms with Gasteiger partial charge in [0.1, 0.15) is 0 Å². The van der Waals surface area contributed by atoms with E-state index in [1.165, 1.54) is 0 Å². The predicted octanol–water partition coefficient (Wildman–Crippen LogP) is 4.41. The van der Waals surface area contributed by atoms with E-state index >= 15 is 0 Å². The lowest BCUT2D eigenvalue weighted by Crippen LogP contribution is -2.49. The Kier molecular flexibility index (Phi) is 6.00. The molecule has 0 bridgehead atoms. The molecule has 6 rings (SSSR count). The first-order chi connectivity index (χ1) is 18.3. The number of amides is 1. The molecule has 1 fully saturated rings. The van der Waals surface area contributed by atoms with Gasteiger partial charge in [0, 0.05) is 61.8 Å². The van der Waals surface area contributed by atoms with Crippen LogP contribution in [0, 0.1) is 11.8 Å². The zero-order chi connectivity index (χ0) is 26.4. The van der Waals surface area contributed by atoms with Crippen LogP contribution in [-0.4, -0.2) is 55.2 Å². The number of fused-ring (bicyclic) bond motifs is 2. The van der Waals surface area contributed by atoms with E-state index in [2.05, 4.69) is 50.2 Å². The third-order valence-corrected chi connectivity index (χ3v) is 7.61. The molecule has 8 nitrogen and oxygen atoms in total. The first-order valence-corrected chi connectivity index (χ1v) is 12.6. The molecule has 0 N–H and O–H groups in total. The summed E-state index contributed by atoms with van der Waals surface area (Å²) in [6.45, 7) is 3.77. The van der Waals surface area contributed by atoms with E-state index in [4.69, 9.17) is 0 Å². The molecular formula is C27H26F3N7O. The number of hydrogen-bond acceptors (Lipinski definition) is 6. The molecule has 1 aromatic carbocycles. The van der Waals surface area contributed by atoms with Crippen LogP contribution in [0.15, 0.2) is 55.0 Å². The van der Waals surface area contributed by atoms with Crippen molar-refractivity contribution in [3.05, 3.63) is 66.6 Å². The van der Waals surface area contributed by atoms with E-state index in [1.807, 2.05) is 24.4 Å². The van der Waals surface area contributed by atoms with Gasteiger partial charge in [0.15, 0.2) is 5.82 Å². The topological polar surface area (TPSA) is 80.0 Å². The number of aromatic nitrogens is 5. The highest BCUT2D eigenvalue weighted by atomic mass is 19.4. The molecule has 2 aliphatic heterocycles. The molecule has 3 aromatic heterocycles. The average Bonchev–Trinajstić information content (AvgIpc) is 3.37. The Morgan fingerprint density at radius 3 is 2.55 bits per heavy atom. The lowest BCUT2D eigenvalue weighted by Gasteiger charge is -2.40. The van der Waals surface area contributed by atoms with Crippen molar-refractivity contribution in [2.45, 2.75) is 32.6 Å². The number of halogens is 3. The van der Waals surface area contributed by atoms with Crippen LogP contribution in [0.3, 0.4) is 0 Å². The lowest BCUT2D eigenvalue weighted by atomic mass is 9.85. The molecule has 4 aromatic rings. The zero-order valence-corrected chi connectivity index (χ0v) is 20.8. The van der Waals surface area contributed by atoms with Gasteiger partial charge in [0.25, 0.3) is 0 Å². The second kappa shape index (κ2) is 9.38. The van der Waals surface area contributed by atoms with Gasteiger partial charge in [-0.15, -0.1) is 10.2 Å². The van der Waals surface area contributed by atoms with E-state index in [1.54, 1.807) is 17.3 Å². The number of piperidine rings is 1. The summed E-state index contributed by atoms with van der Waals surface area (Å²) in [6.07, 6.45) is 1.46. The molecule has 2 atom stereocenters. The number of anilines is 1. The number of alkyl halides is 3. The van der Waals surface area contributed by atoms with Gasteiger partial charge < -0.3 is 14.4 Å². The minimum atomic E-state index is -4.56. The standard InChI is InChI=1S/C27H26F3N7O/c1-17-15-35(23-6-10-32-22-14-19(2-3-21(22)23)18-4-8-31-9-5-18)11-7-20(17)25(38)36-12-13-37-24(16-36)33-34-26(37)27(28,29)30/h2-6,8-10,14,17,20H,7,11-13,15-16H2,1H3/t17-,20+/m1/s1. The minimum absolute atomic E-state index is 0.0264. The van der Waals surface area contributed by atoms with Crippen LogP contribution >= 0.6 is 0 Å². The fourth-order valence-electron chi connectivity index (χ4n) is 5.65. The number of carbonyl (C=O) groups is 1. The molecule has 0 unspecified atom stereocenters. The molecule has 0 spiro atoms. The minimum Gasteiger partial charge on any atom is -0.371 e. The van der Waals surface area contributed by atoms with Crippen LogP contribution in [0.4, 0.5) is 18.9 Å². The fourth-order valence-corrected chi connectivity index (χ4v) is 5.65. The fraction of sp³-hybridized carbons (Fsp3) is 0.370. The molecule has 38 heavy (non-hydrogen) atoms. The largest absolute Gasteiger partial charge is 0.451 e. The highest BCUT2D eigenvalue weighted by molar-refractivity contribution is 5.94. The van der Waals surface area contributed by atoms with Crippen molar-refractivity contribution in [3.8, 4) is 11.1 Å². The van der Waals surface area contributed by atoms with Crippen molar-refractivity contribution in [1.82, 2.24) is 29.6 Å². The molecule has 1 saturated heterocycles. The summed E-state index contributed by atoms with van der Waals surface area (Å²) in [4.78, 5) is 26.0. The van der Waals surface area contributed by atoms with Crippen LogP contribution in [0.1, 0.15) is 25.0 Å². The average molecular weight is 522 g/mol. The molecule has 0 saturated carbocycles. The zero-order valence-electron chi connectivity index (χ0n) is 20.8.